The monoisotopic (exact) mass is 297 g/mol. The van der Waals surface area contributed by atoms with E-state index < -0.39 is 0 Å². The smallest absolute Gasteiger partial charge is 0.171 e. The number of hydrogen-bond acceptors (Lipinski definition) is 4. The van der Waals surface area contributed by atoms with Crippen molar-refractivity contribution in [2.24, 2.45) is 0 Å². The van der Waals surface area contributed by atoms with E-state index in [-0.39, 0.29) is 0 Å². The van der Waals surface area contributed by atoms with Gasteiger partial charge < -0.3 is 5.32 Å². The van der Waals surface area contributed by atoms with Crippen LogP contribution in [0.5, 0.6) is 0 Å². The van der Waals surface area contributed by atoms with E-state index >= 15 is 0 Å². The van der Waals surface area contributed by atoms with Gasteiger partial charge in [-0.2, -0.15) is 0 Å². The van der Waals surface area contributed by atoms with Crippen LogP contribution in [0, 0.1) is 0 Å². The number of thiophene rings is 1. The van der Waals surface area contributed by atoms with Crippen molar-refractivity contribution < 1.29 is 0 Å². The molecule has 0 unspecified atom stereocenters. The summed E-state index contributed by atoms with van der Waals surface area (Å²) in [6.45, 7) is 3.07. The second-order valence-corrected chi connectivity index (χ2v) is 5.15. The van der Waals surface area contributed by atoms with Crippen molar-refractivity contribution in [1.82, 2.24) is 9.97 Å². The number of halogens is 1. The van der Waals surface area contributed by atoms with Crippen molar-refractivity contribution in [2.45, 2.75) is 13.3 Å². The first-order valence-corrected chi connectivity index (χ1v) is 6.78. The summed E-state index contributed by atoms with van der Waals surface area (Å²) in [5.41, 5.74) is 0. The average molecular weight is 298 g/mol. The van der Waals surface area contributed by atoms with Crippen molar-refractivity contribution in [3.8, 4) is 10.7 Å². The molecule has 0 bridgehead atoms. The Labute approximate surface area is 107 Å². The first-order valence-electron chi connectivity index (χ1n) is 5.11. The lowest BCUT2D eigenvalue weighted by Gasteiger charge is -2.04. The van der Waals surface area contributed by atoms with Crippen LogP contribution >= 0.6 is 27.3 Å². The van der Waals surface area contributed by atoms with Crippen LogP contribution in [0.1, 0.15) is 13.3 Å². The van der Waals surface area contributed by atoms with Gasteiger partial charge in [-0.25, -0.2) is 9.97 Å². The summed E-state index contributed by atoms with van der Waals surface area (Å²) >= 11 is 5.06. The lowest BCUT2D eigenvalue weighted by molar-refractivity contribution is 0.966. The second-order valence-electron chi connectivity index (χ2n) is 3.32. The van der Waals surface area contributed by atoms with Crippen molar-refractivity contribution in [2.75, 3.05) is 11.9 Å². The summed E-state index contributed by atoms with van der Waals surface area (Å²) in [4.78, 5) is 9.81. The third kappa shape index (κ3) is 2.80. The maximum atomic E-state index is 4.46. The molecule has 84 valence electrons. The summed E-state index contributed by atoms with van der Waals surface area (Å²) in [5, 5.41) is 5.29. The van der Waals surface area contributed by atoms with E-state index in [2.05, 4.69) is 38.1 Å². The summed E-state index contributed by atoms with van der Waals surface area (Å²) in [6, 6.07) is 3.92. The first kappa shape index (κ1) is 11.5. The molecule has 0 fully saturated rings. The topological polar surface area (TPSA) is 37.8 Å². The summed E-state index contributed by atoms with van der Waals surface area (Å²) in [5.74, 6) is 1.66. The van der Waals surface area contributed by atoms with E-state index in [1.807, 2.05) is 17.5 Å². The maximum absolute atomic E-state index is 4.46. The van der Waals surface area contributed by atoms with Crippen molar-refractivity contribution in [3.05, 3.63) is 28.2 Å². The predicted molar refractivity (Wildman–Crippen MR) is 71.8 cm³/mol. The highest BCUT2D eigenvalue weighted by atomic mass is 79.9. The molecule has 2 aromatic heterocycles. The number of rotatable bonds is 4. The Morgan fingerprint density at radius 3 is 3.06 bits per heavy atom. The Kier molecular flexibility index (Phi) is 3.90. The molecule has 0 aromatic carbocycles. The highest BCUT2D eigenvalue weighted by molar-refractivity contribution is 9.10. The predicted octanol–water partition coefficient (Wildman–Crippen LogP) is 3.79. The highest BCUT2D eigenvalue weighted by Gasteiger charge is 2.04. The Balaban J connectivity index is 2.22. The van der Waals surface area contributed by atoms with Gasteiger partial charge in [-0.05, 0) is 34.5 Å². The van der Waals surface area contributed by atoms with Crippen LogP contribution < -0.4 is 5.32 Å². The van der Waals surface area contributed by atoms with Gasteiger partial charge in [0.2, 0.25) is 0 Å². The zero-order chi connectivity index (χ0) is 11.4. The van der Waals surface area contributed by atoms with Gasteiger partial charge in [0, 0.05) is 22.6 Å². The minimum Gasteiger partial charge on any atom is -0.370 e. The molecular formula is C11H12BrN3S. The van der Waals surface area contributed by atoms with E-state index in [4.69, 9.17) is 0 Å². The maximum Gasteiger partial charge on any atom is 0.171 e. The van der Waals surface area contributed by atoms with E-state index in [1.165, 1.54) is 0 Å². The molecule has 2 rings (SSSR count). The van der Waals surface area contributed by atoms with Gasteiger partial charge in [-0.3, -0.25) is 0 Å². The number of hydrogen-bond donors (Lipinski definition) is 1. The molecular weight excluding hydrogens is 286 g/mol. The minimum atomic E-state index is 0.775. The quantitative estimate of drug-likeness (QED) is 0.933. The molecule has 0 saturated carbocycles. The Morgan fingerprint density at radius 1 is 1.50 bits per heavy atom. The highest BCUT2D eigenvalue weighted by Crippen LogP contribution is 2.27. The van der Waals surface area contributed by atoms with Crippen molar-refractivity contribution in [1.29, 1.82) is 0 Å². The molecule has 2 heterocycles. The molecule has 0 spiro atoms. The Bertz CT molecular complexity index is 470. The third-order valence-electron chi connectivity index (χ3n) is 2.00. The summed E-state index contributed by atoms with van der Waals surface area (Å²) < 4.78 is 1.07. The molecule has 2 aromatic rings. The second kappa shape index (κ2) is 5.41. The fraction of sp³-hybridized carbons (Fsp3) is 0.273. The zero-order valence-electron chi connectivity index (χ0n) is 8.90. The number of nitrogens with zero attached hydrogens (tertiary/aromatic N) is 2. The molecule has 0 aliphatic carbocycles. The van der Waals surface area contributed by atoms with Crippen LogP contribution in [-0.4, -0.2) is 16.5 Å². The SMILES string of the molecule is CCCNc1ccnc(-c2cc(Br)cs2)n1. The van der Waals surface area contributed by atoms with E-state index in [1.54, 1.807) is 17.5 Å². The number of aromatic nitrogens is 2. The standard InChI is InChI=1S/C11H12BrN3S/c1-2-4-13-10-3-5-14-11(15-10)9-6-8(12)7-16-9/h3,5-7H,2,4H2,1H3,(H,13,14,15). The Morgan fingerprint density at radius 2 is 2.38 bits per heavy atom. The summed E-state index contributed by atoms with van der Waals surface area (Å²) in [7, 11) is 0. The molecule has 0 aliphatic heterocycles. The van der Waals surface area contributed by atoms with E-state index in [0.29, 0.717) is 0 Å². The van der Waals surface area contributed by atoms with Gasteiger partial charge >= 0.3 is 0 Å². The zero-order valence-corrected chi connectivity index (χ0v) is 11.3. The molecule has 16 heavy (non-hydrogen) atoms. The molecule has 1 N–H and O–H groups in total. The minimum absolute atomic E-state index is 0.775. The van der Waals surface area contributed by atoms with Gasteiger partial charge in [-0.1, -0.05) is 6.92 Å². The normalized spacial score (nSPS) is 10.4. The fourth-order valence-electron chi connectivity index (χ4n) is 1.26. The average Bonchev–Trinajstić information content (AvgIpc) is 2.74. The largest absolute Gasteiger partial charge is 0.370 e. The van der Waals surface area contributed by atoms with Crippen LogP contribution in [0.15, 0.2) is 28.2 Å². The van der Waals surface area contributed by atoms with Crippen molar-refractivity contribution in [3.63, 3.8) is 0 Å². The van der Waals surface area contributed by atoms with Gasteiger partial charge in [-0.15, -0.1) is 11.3 Å². The lowest BCUT2D eigenvalue weighted by Crippen LogP contribution is -2.02. The van der Waals surface area contributed by atoms with Crippen LogP contribution in [0.2, 0.25) is 0 Å². The summed E-state index contributed by atoms with van der Waals surface area (Å²) in [6.07, 6.45) is 2.87. The third-order valence-corrected chi connectivity index (χ3v) is 3.69. The van der Waals surface area contributed by atoms with E-state index in [0.717, 1.165) is 34.0 Å². The van der Waals surface area contributed by atoms with Crippen LogP contribution in [-0.2, 0) is 0 Å². The molecule has 5 heteroatoms. The van der Waals surface area contributed by atoms with Crippen LogP contribution in [0.25, 0.3) is 10.7 Å². The molecule has 3 nitrogen and oxygen atoms in total. The lowest BCUT2D eigenvalue weighted by atomic mass is 10.4. The molecule has 0 saturated heterocycles. The van der Waals surface area contributed by atoms with Crippen molar-refractivity contribution >= 4 is 33.1 Å². The Hall–Kier alpha value is -0.940. The first-order chi connectivity index (χ1) is 7.79. The molecule has 0 radical (unpaired) electrons. The van der Waals surface area contributed by atoms with Gasteiger partial charge in [0.15, 0.2) is 5.82 Å². The molecule has 0 atom stereocenters. The molecule has 0 amide bonds. The van der Waals surface area contributed by atoms with Gasteiger partial charge in [0.1, 0.15) is 5.82 Å². The fourth-order valence-corrected chi connectivity index (χ4v) is 2.63. The van der Waals surface area contributed by atoms with Gasteiger partial charge in [0.05, 0.1) is 4.88 Å². The van der Waals surface area contributed by atoms with Crippen LogP contribution in [0.3, 0.4) is 0 Å². The van der Waals surface area contributed by atoms with Crippen LogP contribution in [0.4, 0.5) is 5.82 Å². The van der Waals surface area contributed by atoms with E-state index in [9.17, 15) is 0 Å². The van der Waals surface area contributed by atoms with Gasteiger partial charge in [0.25, 0.3) is 0 Å². The number of nitrogens with one attached hydrogen (secondary N) is 1. The number of anilines is 1. The molecule has 0 aliphatic rings.